The number of hydrogen-bond donors (Lipinski definition) is 0. The van der Waals surface area contributed by atoms with Crippen molar-refractivity contribution in [1.29, 1.82) is 0 Å². The standard InChI is InChI=1S/C45H34FN3.C40H28N2.C38H26N4/c1-44(2)37-14-7-6-11-33(37)36-26-30(22-25-39(36)44)42-47-41(29-18-16-27(17-19-29)28-20-23-31(46)24-21-28)48-43(49-42)35-13-9-12-34-32-10-5-8-15-38(32)45(3,4)40(34)35;1-4-10-29(11-5-1)32-16-22-35(23-17-32)38-28-39(36-24-18-33(19-25-36)30-12-6-2-7-13-30)42-40(41-38)37-26-20-34(21-27-37)31-14-8-3-9-15-31;1-2-6-27(7-3-1)28-10-16-31(17-11-28)36-24-37(32-18-12-29(13-19-32)34-8-4-22-39-25-34)42-38(41-36)33-20-14-30(15-21-33)35-9-5-23-40-26-35/h5-26H,1-4H3;1-28H;1-26H. The topological polar surface area (TPSA) is 116 Å². The maximum atomic E-state index is 13.6. The average Bonchev–Trinajstić information content (AvgIpc) is 1.58. The van der Waals surface area contributed by atoms with E-state index in [1.807, 2.05) is 73.1 Å². The molecule has 16 aromatic carbocycles. The Hall–Kier alpha value is -17.1. The van der Waals surface area contributed by atoms with Crippen LogP contribution in [0.15, 0.2) is 462 Å². The number of rotatable bonds is 16. The van der Waals surface area contributed by atoms with Crippen LogP contribution in [-0.4, -0.2) is 44.9 Å². The van der Waals surface area contributed by atoms with E-state index in [0.29, 0.717) is 29.1 Å². The zero-order chi connectivity index (χ0) is 89.8. The molecule has 0 radical (unpaired) electrons. The van der Waals surface area contributed by atoms with E-state index in [-0.39, 0.29) is 16.6 Å². The van der Waals surface area contributed by atoms with Gasteiger partial charge in [0.2, 0.25) is 0 Å². The molecule has 21 aromatic rings. The second-order valence-electron chi connectivity index (χ2n) is 34.6. The highest BCUT2D eigenvalue weighted by atomic mass is 19.1. The number of aromatic nitrogens is 9. The van der Waals surface area contributed by atoms with Gasteiger partial charge >= 0.3 is 0 Å². The molecule has 9 nitrogen and oxygen atoms in total. The van der Waals surface area contributed by atoms with E-state index < -0.39 is 0 Å². The molecule has 0 atom stereocenters. The van der Waals surface area contributed by atoms with Crippen molar-refractivity contribution >= 4 is 0 Å². The molecule has 0 N–H and O–H groups in total. The van der Waals surface area contributed by atoms with Crippen molar-refractivity contribution in [1.82, 2.24) is 44.9 Å². The van der Waals surface area contributed by atoms with Crippen molar-refractivity contribution in [2.75, 3.05) is 0 Å². The van der Waals surface area contributed by atoms with Crippen LogP contribution in [0.25, 0.3) is 202 Å². The van der Waals surface area contributed by atoms with Gasteiger partial charge in [0.05, 0.1) is 22.8 Å². The summed E-state index contributed by atoms with van der Waals surface area (Å²) in [5.41, 5.74) is 38.2. The molecule has 0 amide bonds. The minimum Gasteiger partial charge on any atom is -0.264 e. The van der Waals surface area contributed by atoms with Crippen molar-refractivity contribution in [3.05, 3.63) is 490 Å². The summed E-state index contributed by atoms with van der Waals surface area (Å²) in [5, 5.41) is 0. The van der Waals surface area contributed by atoms with E-state index in [9.17, 15) is 4.39 Å². The zero-order valence-electron chi connectivity index (χ0n) is 73.8. The van der Waals surface area contributed by atoms with Gasteiger partial charge in [0, 0.05) is 85.7 Å². The highest BCUT2D eigenvalue weighted by molar-refractivity contribution is 5.90. The van der Waals surface area contributed by atoms with Crippen LogP contribution in [-0.2, 0) is 10.8 Å². The largest absolute Gasteiger partial charge is 0.264 e. The Balaban J connectivity index is 0.000000121. The van der Waals surface area contributed by atoms with Crippen molar-refractivity contribution in [2.24, 2.45) is 0 Å². The first-order valence-corrected chi connectivity index (χ1v) is 44.8. The Bertz CT molecular complexity index is 6970. The van der Waals surface area contributed by atoms with E-state index in [0.717, 1.165) is 106 Å². The molecule has 2 aliphatic carbocycles. The quantitative estimate of drug-likeness (QED) is 0.0932. The maximum Gasteiger partial charge on any atom is 0.164 e. The molecule has 0 saturated carbocycles. The van der Waals surface area contributed by atoms with Crippen LogP contribution in [0.2, 0.25) is 0 Å². The first-order valence-electron chi connectivity index (χ1n) is 44.8. The van der Waals surface area contributed by atoms with Gasteiger partial charge in [-0.25, -0.2) is 39.3 Å². The van der Waals surface area contributed by atoms with Gasteiger partial charge in [-0.05, 0) is 165 Å². The van der Waals surface area contributed by atoms with E-state index in [1.165, 1.54) is 101 Å². The summed E-state index contributed by atoms with van der Waals surface area (Å²) in [4.78, 5) is 44.2. The molecule has 133 heavy (non-hydrogen) atoms. The fourth-order valence-corrected chi connectivity index (χ4v) is 18.4. The van der Waals surface area contributed by atoms with Crippen LogP contribution in [0, 0.1) is 5.82 Å². The Labute approximate surface area is 774 Å². The lowest BCUT2D eigenvalue weighted by atomic mass is 9.80. The monoisotopic (exact) mass is 1710 g/mol. The first kappa shape index (κ1) is 82.9. The summed E-state index contributed by atoms with van der Waals surface area (Å²) < 4.78 is 13.6. The van der Waals surface area contributed by atoms with E-state index in [2.05, 4.69) is 390 Å². The van der Waals surface area contributed by atoms with Crippen LogP contribution in [0.3, 0.4) is 0 Å². The number of hydrogen-bond acceptors (Lipinski definition) is 9. The first-order chi connectivity index (χ1) is 65.3. The van der Waals surface area contributed by atoms with E-state index in [4.69, 9.17) is 34.9 Å². The lowest BCUT2D eigenvalue weighted by Gasteiger charge is -2.24. The third-order valence-corrected chi connectivity index (χ3v) is 25.5. The fourth-order valence-electron chi connectivity index (χ4n) is 18.4. The van der Waals surface area contributed by atoms with Gasteiger partial charge in [0.15, 0.2) is 29.1 Å². The third-order valence-electron chi connectivity index (χ3n) is 25.5. The third kappa shape index (κ3) is 17.2. The summed E-state index contributed by atoms with van der Waals surface area (Å²) in [6.07, 6.45) is 7.33. The lowest BCUT2D eigenvalue weighted by Crippen LogP contribution is -2.17. The van der Waals surface area contributed by atoms with Crippen LogP contribution in [0.5, 0.6) is 0 Å². The normalized spacial score (nSPS) is 12.2. The maximum absolute atomic E-state index is 13.6. The molecule has 0 fully saturated rings. The minimum absolute atomic E-state index is 0.0860. The van der Waals surface area contributed by atoms with Crippen molar-refractivity contribution in [3.8, 4) is 202 Å². The van der Waals surface area contributed by atoms with Gasteiger partial charge in [-0.1, -0.05) is 422 Å². The number of halogens is 1. The molecule has 5 aromatic heterocycles. The smallest absolute Gasteiger partial charge is 0.164 e. The predicted molar refractivity (Wildman–Crippen MR) is 542 cm³/mol. The number of pyridine rings is 2. The highest BCUT2D eigenvalue weighted by Gasteiger charge is 2.39. The van der Waals surface area contributed by atoms with E-state index in [1.54, 1.807) is 24.5 Å². The van der Waals surface area contributed by atoms with Crippen LogP contribution >= 0.6 is 0 Å². The lowest BCUT2D eigenvalue weighted by molar-refractivity contribution is 0.628. The van der Waals surface area contributed by atoms with Crippen LogP contribution < -0.4 is 0 Å². The molecule has 10 heteroatoms. The molecule has 0 aliphatic heterocycles. The Kier molecular flexibility index (Phi) is 22.6. The molecule has 0 spiro atoms. The second kappa shape index (κ2) is 36.2. The molecule has 0 bridgehead atoms. The SMILES string of the molecule is CC1(C)c2ccccc2-c2cc(-c3nc(-c4ccc(-c5ccc(F)cc5)cc4)nc(-c4cccc5c4C(C)(C)c4ccccc4-5)n3)ccc21.c1ccc(-c2ccc(-c3cc(-c4ccc(-c5ccccc5)cc4)nc(-c4ccc(-c5ccccc5)cc4)n3)cc2)cc1.c1ccc(-c2ccc(-c3cc(-c4ccc(-c5cccnc5)cc4)nc(-c4ccc(-c5cccnc5)cc4)n3)cc2)cc1. The molecule has 2 aliphatic rings. The van der Waals surface area contributed by atoms with Crippen LogP contribution in [0.1, 0.15) is 49.9 Å². The summed E-state index contributed by atoms with van der Waals surface area (Å²) in [5.74, 6) is 3.05. The zero-order valence-corrected chi connectivity index (χ0v) is 73.8. The molecule has 0 unspecified atom stereocenters. The van der Waals surface area contributed by atoms with Crippen molar-refractivity contribution < 1.29 is 4.39 Å². The molecule has 5 heterocycles. The van der Waals surface area contributed by atoms with Crippen molar-refractivity contribution in [2.45, 2.75) is 38.5 Å². The van der Waals surface area contributed by atoms with Crippen molar-refractivity contribution in [3.63, 3.8) is 0 Å². The van der Waals surface area contributed by atoms with Gasteiger partial charge in [0.25, 0.3) is 0 Å². The number of nitrogens with zero attached hydrogens (tertiary/aromatic N) is 9. The number of benzene rings is 16. The van der Waals surface area contributed by atoms with Gasteiger partial charge < -0.3 is 0 Å². The highest BCUT2D eigenvalue weighted by Crippen LogP contribution is 2.53. The minimum atomic E-state index is -0.247. The Morgan fingerprint density at radius 1 is 0.173 bits per heavy atom. The predicted octanol–water partition coefficient (Wildman–Crippen LogP) is 31.0. The van der Waals surface area contributed by atoms with Crippen LogP contribution in [0.4, 0.5) is 4.39 Å². The van der Waals surface area contributed by atoms with E-state index >= 15 is 0 Å². The summed E-state index contributed by atoms with van der Waals surface area (Å²) in [7, 11) is 0. The molecular weight excluding hydrogens is 1620 g/mol. The average molecular weight is 1710 g/mol. The molecule has 0 saturated heterocycles. The summed E-state index contributed by atoms with van der Waals surface area (Å²) in [6, 6.07) is 150. The summed E-state index contributed by atoms with van der Waals surface area (Å²) in [6.45, 7) is 9.17. The molecule has 632 valence electrons. The number of fused-ring (bicyclic) bond motifs is 6. The fraction of sp³-hybridized carbons (Fsp3) is 0.0488. The second-order valence-corrected chi connectivity index (χ2v) is 34.6. The molecule has 23 rings (SSSR count). The Morgan fingerprint density at radius 3 is 0.797 bits per heavy atom. The van der Waals surface area contributed by atoms with Gasteiger partial charge in [-0.15, -0.1) is 0 Å². The molecular formula is C123H88FN9. The van der Waals surface area contributed by atoms with Gasteiger partial charge in [0.1, 0.15) is 5.82 Å². The Morgan fingerprint density at radius 2 is 0.429 bits per heavy atom. The van der Waals surface area contributed by atoms with Gasteiger partial charge in [-0.2, -0.15) is 0 Å². The summed E-state index contributed by atoms with van der Waals surface area (Å²) >= 11 is 0. The van der Waals surface area contributed by atoms with Gasteiger partial charge in [-0.3, -0.25) is 9.97 Å².